The first-order valence-electron chi connectivity index (χ1n) is 8.40. The average Bonchev–Trinajstić information content (AvgIpc) is 3.11. The Balaban J connectivity index is 1.83. The van der Waals surface area contributed by atoms with Gasteiger partial charge in [-0.15, -0.1) is 0 Å². The van der Waals surface area contributed by atoms with Crippen molar-refractivity contribution in [3.05, 3.63) is 47.8 Å². The van der Waals surface area contributed by atoms with Crippen molar-refractivity contribution in [2.24, 2.45) is 11.8 Å². The first-order valence-corrected chi connectivity index (χ1v) is 8.40. The number of amides is 1. The number of carbonyl (C=O) groups excluding carboxylic acids is 1. The van der Waals surface area contributed by atoms with Crippen LogP contribution >= 0.6 is 0 Å². The van der Waals surface area contributed by atoms with Crippen LogP contribution in [0.2, 0.25) is 0 Å². The van der Waals surface area contributed by atoms with Gasteiger partial charge in [-0.1, -0.05) is 13.0 Å². The maximum atomic E-state index is 12.8. The predicted molar refractivity (Wildman–Crippen MR) is 89.4 cm³/mol. The summed E-state index contributed by atoms with van der Waals surface area (Å²) >= 11 is 0. The van der Waals surface area contributed by atoms with Crippen LogP contribution in [-0.4, -0.2) is 44.8 Å². The standard InChI is InChI=1S/C18H18F3N3O3/c1-11-7-13(17(26)27)10-23(9-11)16(25)12-3-2-4-14(8-12)24-6-5-15(22-24)18(19,20)21/h2-6,8,11,13H,7,9-10H2,1H3,(H,26,27). The van der Waals surface area contributed by atoms with Crippen molar-refractivity contribution < 1.29 is 27.9 Å². The average molecular weight is 381 g/mol. The van der Waals surface area contributed by atoms with Crippen LogP contribution in [0.5, 0.6) is 0 Å². The normalized spacial score (nSPS) is 20.5. The number of likely N-dealkylation sites (tertiary alicyclic amines) is 1. The molecule has 9 heteroatoms. The van der Waals surface area contributed by atoms with Crippen LogP contribution < -0.4 is 0 Å². The van der Waals surface area contributed by atoms with Gasteiger partial charge in [0.25, 0.3) is 5.91 Å². The minimum absolute atomic E-state index is 0.0486. The van der Waals surface area contributed by atoms with E-state index in [4.69, 9.17) is 0 Å². The van der Waals surface area contributed by atoms with E-state index in [1.165, 1.54) is 17.2 Å². The second-order valence-corrected chi connectivity index (χ2v) is 6.78. The highest BCUT2D eigenvalue weighted by Gasteiger charge is 2.34. The molecule has 0 bridgehead atoms. The van der Waals surface area contributed by atoms with E-state index in [9.17, 15) is 27.9 Å². The van der Waals surface area contributed by atoms with Crippen molar-refractivity contribution in [1.82, 2.24) is 14.7 Å². The van der Waals surface area contributed by atoms with Crippen molar-refractivity contribution in [3.8, 4) is 5.69 Å². The third kappa shape index (κ3) is 4.12. The van der Waals surface area contributed by atoms with Crippen LogP contribution in [0.25, 0.3) is 5.69 Å². The fourth-order valence-corrected chi connectivity index (χ4v) is 3.28. The summed E-state index contributed by atoms with van der Waals surface area (Å²) in [5, 5.41) is 12.7. The zero-order valence-electron chi connectivity index (χ0n) is 14.5. The van der Waals surface area contributed by atoms with E-state index in [0.29, 0.717) is 18.7 Å². The van der Waals surface area contributed by atoms with Gasteiger partial charge in [0, 0.05) is 24.8 Å². The highest BCUT2D eigenvalue weighted by molar-refractivity contribution is 5.95. The molecule has 0 radical (unpaired) electrons. The number of carbonyl (C=O) groups is 2. The molecule has 1 aliphatic rings. The maximum absolute atomic E-state index is 12.8. The summed E-state index contributed by atoms with van der Waals surface area (Å²) in [5.74, 6) is -1.86. The molecule has 1 saturated heterocycles. The molecule has 27 heavy (non-hydrogen) atoms. The molecule has 2 heterocycles. The van der Waals surface area contributed by atoms with Crippen LogP contribution in [0.1, 0.15) is 29.4 Å². The number of aromatic nitrogens is 2. The predicted octanol–water partition coefficient (Wildman–Crippen LogP) is 3.07. The van der Waals surface area contributed by atoms with E-state index in [1.807, 2.05) is 6.92 Å². The summed E-state index contributed by atoms with van der Waals surface area (Å²) in [4.78, 5) is 25.6. The number of alkyl halides is 3. The Morgan fingerprint density at radius 1 is 1.22 bits per heavy atom. The lowest BCUT2D eigenvalue weighted by Crippen LogP contribution is -2.45. The van der Waals surface area contributed by atoms with Crippen molar-refractivity contribution in [2.75, 3.05) is 13.1 Å². The summed E-state index contributed by atoms with van der Waals surface area (Å²) in [6.45, 7) is 2.43. The topological polar surface area (TPSA) is 75.4 Å². The molecule has 1 amide bonds. The molecule has 2 unspecified atom stereocenters. The Labute approximate surface area is 153 Å². The van der Waals surface area contributed by atoms with Crippen molar-refractivity contribution >= 4 is 11.9 Å². The molecule has 1 aromatic carbocycles. The Kier molecular flexibility index (Phi) is 4.95. The van der Waals surface area contributed by atoms with Gasteiger partial charge in [-0.2, -0.15) is 18.3 Å². The molecule has 0 aliphatic carbocycles. The smallest absolute Gasteiger partial charge is 0.435 e. The number of aliphatic carboxylic acids is 1. The van der Waals surface area contributed by atoms with Crippen LogP contribution in [0.3, 0.4) is 0 Å². The summed E-state index contributed by atoms with van der Waals surface area (Å²) < 4.78 is 39.2. The molecule has 3 rings (SSSR count). The Hall–Kier alpha value is -2.84. The summed E-state index contributed by atoms with van der Waals surface area (Å²) in [7, 11) is 0. The Bertz CT molecular complexity index is 863. The third-order valence-corrected chi connectivity index (χ3v) is 4.53. The summed E-state index contributed by atoms with van der Waals surface area (Å²) in [6.07, 6.45) is -2.86. The number of carboxylic acids is 1. The van der Waals surface area contributed by atoms with E-state index >= 15 is 0 Å². The van der Waals surface area contributed by atoms with Crippen molar-refractivity contribution in [1.29, 1.82) is 0 Å². The number of benzene rings is 1. The quantitative estimate of drug-likeness (QED) is 0.887. The Morgan fingerprint density at radius 3 is 2.59 bits per heavy atom. The summed E-state index contributed by atoms with van der Waals surface area (Å²) in [5.41, 5.74) is -0.431. The largest absolute Gasteiger partial charge is 0.481 e. The maximum Gasteiger partial charge on any atom is 0.435 e. The van der Waals surface area contributed by atoms with Gasteiger partial charge < -0.3 is 10.0 Å². The lowest BCUT2D eigenvalue weighted by atomic mass is 9.90. The SMILES string of the molecule is CC1CC(C(=O)O)CN(C(=O)c2cccc(-n3ccc(C(F)(F)F)n3)c2)C1. The minimum Gasteiger partial charge on any atom is -0.481 e. The molecule has 1 aliphatic heterocycles. The highest BCUT2D eigenvalue weighted by atomic mass is 19.4. The van der Waals surface area contributed by atoms with Crippen LogP contribution in [0.15, 0.2) is 36.5 Å². The highest BCUT2D eigenvalue weighted by Crippen LogP contribution is 2.28. The summed E-state index contributed by atoms with van der Waals surface area (Å²) in [6, 6.07) is 6.96. The molecule has 2 aromatic rings. The number of carboxylic acid groups (broad SMARTS) is 1. The van der Waals surface area contributed by atoms with E-state index in [-0.39, 0.29) is 23.9 Å². The third-order valence-electron chi connectivity index (χ3n) is 4.53. The lowest BCUT2D eigenvalue weighted by molar-refractivity contribution is -0.144. The van der Waals surface area contributed by atoms with Crippen molar-refractivity contribution in [3.63, 3.8) is 0 Å². The van der Waals surface area contributed by atoms with E-state index in [2.05, 4.69) is 5.10 Å². The molecular weight excluding hydrogens is 363 g/mol. The number of halogens is 3. The van der Waals surface area contributed by atoms with Crippen LogP contribution in [0.4, 0.5) is 13.2 Å². The van der Waals surface area contributed by atoms with Crippen LogP contribution in [-0.2, 0) is 11.0 Å². The Morgan fingerprint density at radius 2 is 1.96 bits per heavy atom. The molecule has 2 atom stereocenters. The van der Waals surface area contributed by atoms with Crippen molar-refractivity contribution in [2.45, 2.75) is 19.5 Å². The van der Waals surface area contributed by atoms with Gasteiger partial charge in [-0.3, -0.25) is 9.59 Å². The molecule has 0 spiro atoms. The molecular formula is C18H18F3N3O3. The van der Waals surface area contributed by atoms with Gasteiger partial charge in [-0.25, -0.2) is 4.68 Å². The number of hydrogen-bond donors (Lipinski definition) is 1. The minimum atomic E-state index is -4.55. The first-order chi connectivity index (χ1) is 12.6. The van der Waals surface area contributed by atoms with Gasteiger partial charge in [-0.05, 0) is 36.6 Å². The van der Waals surface area contributed by atoms with Crippen LogP contribution in [0, 0.1) is 11.8 Å². The molecule has 144 valence electrons. The zero-order chi connectivity index (χ0) is 19.8. The number of piperidine rings is 1. The fourth-order valence-electron chi connectivity index (χ4n) is 3.28. The lowest BCUT2D eigenvalue weighted by Gasteiger charge is -2.34. The van der Waals surface area contributed by atoms with E-state index in [1.54, 1.807) is 18.2 Å². The fraction of sp³-hybridized carbons (Fsp3) is 0.389. The number of rotatable bonds is 3. The van der Waals surface area contributed by atoms with Gasteiger partial charge in [0.05, 0.1) is 11.6 Å². The molecule has 1 N–H and O–H groups in total. The van der Waals surface area contributed by atoms with E-state index in [0.717, 1.165) is 10.7 Å². The second kappa shape index (κ2) is 7.05. The number of hydrogen-bond acceptors (Lipinski definition) is 3. The van der Waals surface area contributed by atoms with Gasteiger partial charge >= 0.3 is 12.1 Å². The van der Waals surface area contributed by atoms with Gasteiger partial charge in [0.1, 0.15) is 0 Å². The van der Waals surface area contributed by atoms with Gasteiger partial charge in [0.2, 0.25) is 0 Å². The van der Waals surface area contributed by atoms with E-state index < -0.39 is 23.8 Å². The zero-order valence-corrected chi connectivity index (χ0v) is 14.5. The first kappa shape index (κ1) is 18.9. The second-order valence-electron chi connectivity index (χ2n) is 6.78. The number of nitrogens with zero attached hydrogens (tertiary/aromatic N) is 3. The molecule has 1 aromatic heterocycles. The molecule has 0 saturated carbocycles. The monoisotopic (exact) mass is 381 g/mol. The van der Waals surface area contributed by atoms with Gasteiger partial charge in [0.15, 0.2) is 5.69 Å². The molecule has 6 nitrogen and oxygen atoms in total. The molecule has 1 fully saturated rings.